The monoisotopic (exact) mass is 192 g/mol. The van der Waals surface area contributed by atoms with E-state index in [2.05, 4.69) is 5.43 Å². The molecule has 2 rings (SSSR count). The minimum Gasteiger partial charge on any atom is -0.490 e. The van der Waals surface area contributed by atoms with E-state index < -0.39 is 0 Å². The third-order valence-electron chi connectivity index (χ3n) is 2.05. The Morgan fingerprint density at radius 2 is 2.29 bits per heavy atom. The van der Waals surface area contributed by atoms with Crippen LogP contribution < -0.4 is 16.0 Å². The van der Waals surface area contributed by atoms with Crippen LogP contribution in [0.25, 0.3) is 0 Å². The van der Waals surface area contributed by atoms with Crippen molar-refractivity contribution in [1.82, 2.24) is 5.43 Å². The average Bonchev–Trinajstić information content (AvgIpc) is 3.01. The highest BCUT2D eigenvalue weighted by molar-refractivity contribution is 5.94. The molecular weight excluding hydrogens is 180 g/mol. The van der Waals surface area contributed by atoms with Crippen LogP contribution in [0.3, 0.4) is 0 Å². The number of carbonyl (C=O) groups excluding carboxylic acids is 1. The zero-order valence-electron chi connectivity index (χ0n) is 7.69. The Labute approximate surface area is 82.0 Å². The molecule has 4 nitrogen and oxygen atoms in total. The van der Waals surface area contributed by atoms with E-state index in [9.17, 15) is 4.79 Å². The molecule has 1 aromatic carbocycles. The molecule has 1 fully saturated rings. The number of nitrogen functional groups attached to an aromatic ring is 1. The van der Waals surface area contributed by atoms with Crippen molar-refractivity contribution < 1.29 is 9.53 Å². The van der Waals surface area contributed by atoms with Crippen LogP contribution >= 0.6 is 0 Å². The van der Waals surface area contributed by atoms with Gasteiger partial charge >= 0.3 is 0 Å². The molecule has 0 aromatic heterocycles. The Morgan fingerprint density at radius 3 is 2.93 bits per heavy atom. The fraction of sp³-hybridized carbons (Fsp3) is 0.300. The van der Waals surface area contributed by atoms with Crippen LogP contribution in [0.2, 0.25) is 0 Å². The first kappa shape index (κ1) is 9.02. The van der Waals surface area contributed by atoms with Crippen molar-refractivity contribution in [2.45, 2.75) is 18.9 Å². The van der Waals surface area contributed by atoms with E-state index in [0.29, 0.717) is 11.7 Å². The van der Waals surface area contributed by atoms with Crippen molar-refractivity contribution in [1.29, 1.82) is 0 Å². The summed E-state index contributed by atoms with van der Waals surface area (Å²) in [6.45, 7) is 0. The molecule has 0 unspecified atom stereocenters. The second-order valence-electron chi connectivity index (χ2n) is 3.32. The maximum absolute atomic E-state index is 11.2. The predicted octanol–water partition coefficient (Wildman–Crippen LogP) is 0.831. The Bertz CT molecular complexity index is 348. The highest BCUT2D eigenvalue weighted by Gasteiger charge is 2.23. The van der Waals surface area contributed by atoms with Crippen LogP contribution in [0.1, 0.15) is 23.2 Å². The molecule has 0 bridgehead atoms. The van der Waals surface area contributed by atoms with Crippen molar-refractivity contribution in [3.8, 4) is 5.75 Å². The van der Waals surface area contributed by atoms with E-state index in [0.717, 1.165) is 18.6 Å². The summed E-state index contributed by atoms with van der Waals surface area (Å²) in [5.74, 6) is 5.46. The number of carbonyl (C=O) groups is 1. The van der Waals surface area contributed by atoms with E-state index in [1.807, 2.05) is 6.07 Å². The van der Waals surface area contributed by atoms with E-state index >= 15 is 0 Å². The van der Waals surface area contributed by atoms with E-state index in [1.54, 1.807) is 18.2 Å². The van der Waals surface area contributed by atoms with Crippen LogP contribution in [-0.2, 0) is 0 Å². The molecule has 0 atom stereocenters. The van der Waals surface area contributed by atoms with Gasteiger partial charge in [0.25, 0.3) is 5.91 Å². The topological polar surface area (TPSA) is 64.3 Å². The van der Waals surface area contributed by atoms with E-state index in [4.69, 9.17) is 10.6 Å². The largest absolute Gasteiger partial charge is 0.490 e. The van der Waals surface area contributed by atoms with Crippen molar-refractivity contribution in [3.05, 3.63) is 29.8 Å². The van der Waals surface area contributed by atoms with E-state index in [1.165, 1.54) is 0 Å². The SMILES string of the molecule is NNC(=O)c1cccc(OC2CC2)c1. The van der Waals surface area contributed by atoms with Crippen LogP contribution in [0.4, 0.5) is 0 Å². The molecule has 0 aliphatic heterocycles. The van der Waals surface area contributed by atoms with Gasteiger partial charge in [0.2, 0.25) is 0 Å². The summed E-state index contributed by atoms with van der Waals surface area (Å²) >= 11 is 0. The van der Waals surface area contributed by atoms with Gasteiger partial charge in [-0.25, -0.2) is 5.84 Å². The minimum atomic E-state index is -0.300. The normalized spacial score (nSPS) is 14.9. The van der Waals surface area contributed by atoms with Gasteiger partial charge in [-0.15, -0.1) is 0 Å². The predicted molar refractivity (Wildman–Crippen MR) is 51.7 cm³/mol. The Kier molecular flexibility index (Phi) is 2.37. The molecule has 4 heteroatoms. The lowest BCUT2D eigenvalue weighted by molar-refractivity contribution is 0.0953. The molecule has 1 aromatic rings. The summed E-state index contributed by atoms with van der Waals surface area (Å²) in [7, 11) is 0. The third kappa shape index (κ3) is 2.03. The molecule has 0 saturated heterocycles. The van der Waals surface area contributed by atoms with Crippen LogP contribution in [-0.4, -0.2) is 12.0 Å². The van der Waals surface area contributed by atoms with Crippen LogP contribution in [0.5, 0.6) is 5.75 Å². The van der Waals surface area contributed by atoms with Crippen LogP contribution in [0.15, 0.2) is 24.3 Å². The van der Waals surface area contributed by atoms with Gasteiger partial charge in [0, 0.05) is 5.56 Å². The van der Waals surface area contributed by atoms with Gasteiger partial charge in [-0.1, -0.05) is 6.07 Å². The number of rotatable bonds is 3. The molecule has 0 radical (unpaired) electrons. The standard InChI is InChI=1S/C10H12N2O2/c11-12-10(13)7-2-1-3-9(6-7)14-8-4-5-8/h1-3,6,8H,4-5,11H2,(H,12,13). The van der Waals surface area contributed by atoms with Gasteiger partial charge in [-0.05, 0) is 31.0 Å². The number of benzene rings is 1. The maximum Gasteiger partial charge on any atom is 0.265 e. The Balaban J connectivity index is 2.12. The van der Waals surface area contributed by atoms with Gasteiger partial charge in [0.1, 0.15) is 5.75 Å². The zero-order valence-corrected chi connectivity index (χ0v) is 7.69. The first-order valence-corrected chi connectivity index (χ1v) is 4.57. The number of ether oxygens (including phenoxy) is 1. The smallest absolute Gasteiger partial charge is 0.265 e. The summed E-state index contributed by atoms with van der Waals surface area (Å²) < 4.78 is 5.54. The fourth-order valence-electron chi connectivity index (χ4n) is 1.17. The summed E-state index contributed by atoms with van der Waals surface area (Å²) in [4.78, 5) is 11.2. The first-order chi connectivity index (χ1) is 6.79. The van der Waals surface area contributed by atoms with Gasteiger partial charge in [-0.3, -0.25) is 10.2 Å². The van der Waals surface area contributed by atoms with Crippen LogP contribution in [0, 0.1) is 0 Å². The molecule has 74 valence electrons. The lowest BCUT2D eigenvalue weighted by Crippen LogP contribution is -2.29. The van der Waals surface area contributed by atoms with Gasteiger partial charge in [-0.2, -0.15) is 0 Å². The molecule has 0 spiro atoms. The third-order valence-corrected chi connectivity index (χ3v) is 2.05. The molecule has 1 aliphatic carbocycles. The Hall–Kier alpha value is -1.55. The van der Waals surface area contributed by atoms with Gasteiger partial charge < -0.3 is 4.74 Å². The summed E-state index contributed by atoms with van der Waals surface area (Å²) in [5, 5.41) is 0. The average molecular weight is 192 g/mol. The molecule has 14 heavy (non-hydrogen) atoms. The summed E-state index contributed by atoms with van der Waals surface area (Å²) in [6.07, 6.45) is 2.55. The second kappa shape index (κ2) is 3.67. The Morgan fingerprint density at radius 1 is 1.50 bits per heavy atom. The molecule has 1 amide bonds. The number of nitrogens with one attached hydrogen (secondary N) is 1. The molecular formula is C10H12N2O2. The zero-order chi connectivity index (χ0) is 9.97. The summed E-state index contributed by atoms with van der Waals surface area (Å²) in [5.41, 5.74) is 2.60. The van der Waals surface area contributed by atoms with Gasteiger partial charge in [0.15, 0.2) is 0 Å². The van der Waals surface area contributed by atoms with E-state index in [-0.39, 0.29) is 5.91 Å². The van der Waals surface area contributed by atoms with Gasteiger partial charge in [0.05, 0.1) is 6.10 Å². The number of nitrogens with two attached hydrogens (primary N) is 1. The lowest BCUT2D eigenvalue weighted by atomic mass is 10.2. The van der Waals surface area contributed by atoms with Crippen molar-refractivity contribution in [2.24, 2.45) is 5.84 Å². The fourth-order valence-corrected chi connectivity index (χ4v) is 1.17. The quantitative estimate of drug-likeness (QED) is 0.423. The molecule has 1 aliphatic rings. The number of hydrogen-bond acceptors (Lipinski definition) is 3. The van der Waals surface area contributed by atoms with Crippen molar-refractivity contribution in [2.75, 3.05) is 0 Å². The maximum atomic E-state index is 11.2. The molecule has 1 saturated carbocycles. The van der Waals surface area contributed by atoms with Crippen molar-refractivity contribution >= 4 is 5.91 Å². The minimum absolute atomic E-state index is 0.300. The molecule has 3 N–H and O–H groups in total. The lowest BCUT2D eigenvalue weighted by Gasteiger charge is -2.05. The summed E-state index contributed by atoms with van der Waals surface area (Å²) in [6, 6.07) is 7.01. The number of amides is 1. The number of hydrogen-bond donors (Lipinski definition) is 2. The second-order valence-corrected chi connectivity index (χ2v) is 3.32. The highest BCUT2D eigenvalue weighted by Crippen LogP contribution is 2.26. The molecule has 0 heterocycles. The van der Waals surface area contributed by atoms with Crippen molar-refractivity contribution in [3.63, 3.8) is 0 Å². The first-order valence-electron chi connectivity index (χ1n) is 4.57. The number of hydrazine groups is 1. The highest BCUT2D eigenvalue weighted by atomic mass is 16.5.